The lowest BCUT2D eigenvalue weighted by atomic mass is 10.2. The van der Waals surface area contributed by atoms with Gasteiger partial charge in [-0.05, 0) is 12.1 Å². The average Bonchev–Trinajstić information content (AvgIpc) is 2.66. The number of likely N-dealkylation sites (N-methyl/N-ethyl adjacent to an activating group) is 1. The molecule has 5 nitrogen and oxygen atoms in total. The maximum atomic E-state index is 12.0. The van der Waals surface area contributed by atoms with Crippen molar-refractivity contribution in [2.75, 3.05) is 32.1 Å². The molecule has 2 amide bonds. The molecule has 0 saturated carbocycles. The van der Waals surface area contributed by atoms with Crippen LogP contribution in [-0.2, 0) is 0 Å². The van der Waals surface area contributed by atoms with Crippen LogP contribution in [0.2, 0.25) is 0 Å². The highest BCUT2D eigenvalue weighted by Crippen LogP contribution is 2.25. The average molecular weight is 235 g/mol. The van der Waals surface area contributed by atoms with Crippen LogP contribution in [0, 0.1) is 0 Å². The second kappa shape index (κ2) is 4.63. The first kappa shape index (κ1) is 11.7. The van der Waals surface area contributed by atoms with Crippen LogP contribution in [0.1, 0.15) is 0 Å². The third-order valence-electron chi connectivity index (χ3n) is 3.11. The molecule has 1 fully saturated rings. The van der Waals surface area contributed by atoms with Gasteiger partial charge in [0.2, 0.25) is 0 Å². The number of anilines is 1. The third kappa shape index (κ3) is 2.06. The Hall–Kier alpha value is -1.75. The first-order chi connectivity index (χ1) is 8.17. The number of carbonyl (C=O) groups is 1. The summed E-state index contributed by atoms with van der Waals surface area (Å²) in [5.74, 6) is 0.745. The maximum Gasteiger partial charge on any atom is 0.324 e. The summed E-state index contributed by atoms with van der Waals surface area (Å²) in [5.41, 5.74) is 6.48. The van der Waals surface area contributed by atoms with E-state index in [1.54, 1.807) is 24.0 Å². The molecule has 1 aromatic rings. The maximum absolute atomic E-state index is 12.0. The van der Waals surface area contributed by atoms with Gasteiger partial charge in [-0.3, -0.25) is 4.90 Å². The smallest absolute Gasteiger partial charge is 0.324 e. The van der Waals surface area contributed by atoms with Crippen LogP contribution in [-0.4, -0.2) is 44.2 Å². The van der Waals surface area contributed by atoms with Gasteiger partial charge >= 0.3 is 6.03 Å². The van der Waals surface area contributed by atoms with Crippen molar-refractivity contribution >= 4 is 11.7 Å². The summed E-state index contributed by atoms with van der Waals surface area (Å²) < 4.78 is 5.15. The second-order valence-electron chi connectivity index (χ2n) is 4.10. The Labute approximate surface area is 101 Å². The van der Waals surface area contributed by atoms with Gasteiger partial charge in [0, 0.05) is 31.9 Å². The Morgan fingerprint density at radius 2 is 2.29 bits per heavy atom. The second-order valence-corrected chi connectivity index (χ2v) is 4.10. The van der Waals surface area contributed by atoms with Gasteiger partial charge < -0.3 is 15.4 Å². The number of rotatable bonds is 3. The van der Waals surface area contributed by atoms with E-state index in [-0.39, 0.29) is 12.1 Å². The number of carbonyl (C=O) groups excluding carboxylic acids is 1. The number of ether oxygens (including phenoxy) is 1. The van der Waals surface area contributed by atoms with Crippen LogP contribution >= 0.6 is 0 Å². The molecule has 1 aromatic carbocycles. The quantitative estimate of drug-likeness (QED) is 0.846. The highest BCUT2D eigenvalue weighted by molar-refractivity contribution is 5.94. The minimum Gasteiger partial charge on any atom is -0.497 e. The van der Waals surface area contributed by atoms with Crippen LogP contribution in [0.25, 0.3) is 0 Å². The fourth-order valence-corrected chi connectivity index (χ4v) is 1.98. The molecular weight excluding hydrogens is 218 g/mol. The summed E-state index contributed by atoms with van der Waals surface area (Å²) in [6.45, 7) is 1.10. The van der Waals surface area contributed by atoms with Crippen molar-refractivity contribution in [3.8, 4) is 5.75 Å². The number of hydrogen-bond acceptors (Lipinski definition) is 3. The predicted octanol–water partition coefficient (Wildman–Crippen LogP) is 0.894. The summed E-state index contributed by atoms with van der Waals surface area (Å²) in [5, 5.41) is 0. The molecule has 5 heteroatoms. The Morgan fingerprint density at radius 3 is 2.88 bits per heavy atom. The molecule has 17 heavy (non-hydrogen) atoms. The number of nitrogens with two attached hydrogens (primary N) is 1. The fraction of sp³-hybridized carbons (Fsp3) is 0.417. The molecule has 0 aromatic heterocycles. The van der Waals surface area contributed by atoms with Crippen LogP contribution < -0.4 is 15.4 Å². The molecule has 2 rings (SSSR count). The number of hydrogen-bond donors (Lipinski definition) is 1. The van der Waals surface area contributed by atoms with E-state index in [9.17, 15) is 4.79 Å². The molecule has 1 aliphatic rings. The third-order valence-corrected chi connectivity index (χ3v) is 3.11. The highest BCUT2D eigenvalue weighted by atomic mass is 16.5. The normalized spacial score (nSPS) is 19.9. The summed E-state index contributed by atoms with van der Waals surface area (Å²) in [6, 6.07) is 7.53. The number of urea groups is 1. The summed E-state index contributed by atoms with van der Waals surface area (Å²) in [4.78, 5) is 15.4. The van der Waals surface area contributed by atoms with E-state index >= 15 is 0 Å². The Balaban J connectivity index is 2.25. The van der Waals surface area contributed by atoms with Gasteiger partial charge in [0.1, 0.15) is 5.75 Å². The number of benzene rings is 1. The molecule has 92 valence electrons. The number of methoxy groups -OCH3 is 1. The summed E-state index contributed by atoms with van der Waals surface area (Å²) in [7, 11) is 3.39. The molecule has 0 spiro atoms. The summed E-state index contributed by atoms with van der Waals surface area (Å²) >= 11 is 0. The molecule has 0 radical (unpaired) electrons. The van der Waals surface area contributed by atoms with Crippen LogP contribution in [0.3, 0.4) is 0 Å². The molecule has 1 saturated heterocycles. The molecule has 1 aliphatic heterocycles. The Kier molecular flexibility index (Phi) is 3.19. The van der Waals surface area contributed by atoms with Crippen molar-refractivity contribution < 1.29 is 9.53 Å². The summed E-state index contributed by atoms with van der Waals surface area (Å²) in [6.07, 6.45) is 0. The number of amides is 2. The first-order valence-electron chi connectivity index (χ1n) is 5.56. The van der Waals surface area contributed by atoms with Crippen LogP contribution in [0.5, 0.6) is 5.75 Å². The lowest BCUT2D eigenvalue weighted by Crippen LogP contribution is -2.35. The zero-order valence-corrected chi connectivity index (χ0v) is 10.1. The van der Waals surface area contributed by atoms with Crippen molar-refractivity contribution in [2.24, 2.45) is 5.73 Å². The van der Waals surface area contributed by atoms with E-state index in [1.165, 1.54) is 0 Å². The first-order valence-corrected chi connectivity index (χ1v) is 5.56. The SMILES string of the molecule is COc1cccc(N2CC(CN)N(C)C2=O)c1. The van der Waals surface area contributed by atoms with E-state index < -0.39 is 0 Å². The van der Waals surface area contributed by atoms with Crippen molar-refractivity contribution in [2.45, 2.75) is 6.04 Å². The van der Waals surface area contributed by atoms with Gasteiger partial charge in [0.05, 0.1) is 13.2 Å². The molecule has 0 bridgehead atoms. The molecule has 1 heterocycles. The van der Waals surface area contributed by atoms with E-state index in [0.717, 1.165) is 11.4 Å². The highest BCUT2D eigenvalue weighted by Gasteiger charge is 2.34. The van der Waals surface area contributed by atoms with Gasteiger partial charge in [-0.1, -0.05) is 6.07 Å². The number of nitrogens with zero attached hydrogens (tertiary/aromatic N) is 2. The molecule has 0 aliphatic carbocycles. The van der Waals surface area contributed by atoms with Gasteiger partial charge in [-0.2, -0.15) is 0 Å². The minimum atomic E-state index is -0.0197. The fourth-order valence-electron chi connectivity index (χ4n) is 1.98. The molecule has 1 unspecified atom stereocenters. The van der Waals surface area contributed by atoms with Gasteiger partial charge in [-0.15, -0.1) is 0 Å². The largest absolute Gasteiger partial charge is 0.497 e. The lowest BCUT2D eigenvalue weighted by Gasteiger charge is -2.16. The van der Waals surface area contributed by atoms with E-state index in [1.807, 2.05) is 24.3 Å². The van der Waals surface area contributed by atoms with Crippen molar-refractivity contribution in [1.82, 2.24) is 4.90 Å². The van der Waals surface area contributed by atoms with Gasteiger partial charge in [-0.25, -0.2) is 4.79 Å². The van der Waals surface area contributed by atoms with Gasteiger partial charge in [0.25, 0.3) is 0 Å². The van der Waals surface area contributed by atoms with Gasteiger partial charge in [0.15, 0.2) is 0 Å². The van der Waals surface area contributed by atoms with Crippen molar-refractivity contribution in [1.29, 1.82) is 0 Å². The van der Waals surface area contributed by atoms with Crippen molar-refractivity contribution in [3.05, 3.63) is 24.3 Å². The molecule has 2 N–H and O–H groups in total. The lowest BCUT2D eigenvalue weighted by molar-refractivity contribution is 0.219. The Bertz CT molecular complexity index is 422. The topological polar surface area (TPSA) is 58.8 Å². The zero-order chi connectivity index (χ0) is 12.4. The minimum absolute atomic E-state index is 0.0197. The zero-order valence-electron chi connectivity index (χ0n) is 10.1. The van der Waals surface area contributed by atoms with E-state index in [0.29, 0.717) is 13.1 Å². The predicted molar refractivity (Wildman–Crippen MR) is 66.3 cm³/mol. The van der Waals surface area contributed by atoms with E-state index in [2.05, 4.69) is 0 Å². The van der Waals surface area contributed by atoms with Crippen LogP contribution in [0.15, 0.2) is 24.3 Å². The monoisotopic (exact) mass is 235 g/mol. The van der Waals surface area contributed by atoms with E-state index in [4.69, 9.17) is 10.5 Å². The van der Waals surface area contributed by atoms with Crippen LogP contribution in [0.4, 0.5) is 10.5 Å². The standard InChI is InChI=1S/C12H17N3O2/c1-14-10(7-13)8-15(12(14)16)9-4-3-5-11(6-9)17-2/h3-6,10H,7-8,13H2,1-2H3. The van der Waals surface area contributed by atoms with Crippen molar-refractivity contribution in [3.63, 3.8) is 0 Å². The molecular formula is C12H17N3O2. The Morgan fingerprint density at radius 1 is 1.53 bits per heavy atom. The molecule has 1 atom stereocenters.